The van der Waals surface area contributed by atoms with Crippen molar-refractivity contribution in [2.45, 2.75) is 38.9 Å². The van der Waals surface area contributed by atoms with E-state index in [2.05, 4.69) is 10.3 Å². The molecule has 1 saturated heterocycles. The Labute approximate surface area is 133 Å². The summed E-state index contributed by atoms with van der Waals surface area (Å²) in [6.07, 6.45) is 1.68. The first-order valence-corrected chi connectivity index (χ1v) is 7.30. The molecule has 2 N–H and O–H groups in total. The summed E-state index contributed by atoms with van der Waals surface area (Å²) in [4.78, 5) is 0. The average molecular weight is 322 g/mol. The van der Waals surface area contributed by atoms with Crippen LogP contribution in [0.3, 0.4) is 0 Å². The molecule has 0 unspecified atom stereocenters. The van der Waals surface area contributed by atoms with Crippen LogP contribution in [0.25, 0.3) is 0 Å². The van der Waals surface area contributed by atoms with Gasteiger partial charge in [0.1, 0.15) is 30.0 Å². The Balaban J connectivity index is 1.56. The fourth-order valence-corrected chi connectivity index (χ4v) is 2.34. The maximum Gasteiger partial charge on any atom is 0.163 e. The van der Waals surface area contributed by atoms with E-state index in [1.807, 2.05) is 13.8 Å². The molecule has 1 aliphatic rings. The first-order chi connectivity index (χ1) is 10.9. The van der Waals surface area contributed by atoms with Gasteiger partial charge in [-0.25, -0.2) is 9.07 Å². The van der Waals surface area contributed by atoms with Crippen molar-refractivity contribution in [3.63, 3.8) is 0 Å². The van der Waals surface area contributed by atoms with Crippen LogP contribution in [0, 0.1) is 5.82 Å². The number of halogens is 1. The lowest BCUT2D eigenvalue weighted by Gasteiger charge is -2.16. The first-order valence-electron chi connectivity index (χ1n) is 7.30. The van der Waals surface area contributed by atoms with Gasteiger partial charge in [0.05, 0.1) is 25.0 Å². The van der Waals surface area contributed by atoms with Crippen molar-refractivity contribution in [3.8, 4) is 5.75 Å². The van der Waals surface area contributed by atoms with Gasteiger partial charge in [0.25, 0.3) is 0 Å². The molecule has 1 aromatic heterocycles. The number of hydrogen-bond acceptors (Lipinski definition) is 6. The van der Waals surface area contributed by atoms with Gasteiger partial charge in [-0.1, -0.05) is 5.21 Å². The lowest BCUT2D eigenvalue weighted by Crippen LogP contribution is -2.24. The summed E-state index contributed by atoms with van der Waals surface area (Å²) in [5.41, 5.74) is 6.72. The largest absolute Gasteiger partial charge is 0.485 e. The Morgan fingerprint density at radius 1 is 1.48 bits per heavy atom. The summed E-state index contributed by atoms with van der Waals surface area (Å²) < 4.78 is 31.6. The zero-order valence-electron chi connectivity index (χ0n) is 13.0. The van der Waals surface area contributed by atoms with Gasteiger partial charge in [-0.15, -0.1) is 5.10 Å². The molecule has 1 fully saturated rings. The van der Waals surface area contributed by atoms with Crippen molar-refractivity contribution in [2.75, 3.05) is 12.3 Å². The molecule has 7 nitrogen and oxygen atoms in total. The fraction of sp³-hybridized carbons (Fsp3) is 0.467. The van der Waals surface area contributed by atoms with Crippen LogP contribution in [-0.2, 0) is 22.6 Å². The number of ether oxygens (including phenoxy) is 3. The molecule has 1 aliphatic heterocycles. The van der Waals surface area contributed by atoms with E-state index in [1.54, 1.807) is 10.9 Å². The fourth-order valence-electron chi connectivity index (χ4n) is 2.34. The maximum absolute atomic E-state index is 13.2. The second-order valence-electron chi connectivity index (χ2n) is 5.85. The second kappa shape index (κ2) is 6.13. The number of rotatable bonds is 5. The van der Waals surface area contributed by atoms with Gasteiger partial charge in [-0.3, -0.25) is 0 Å². The van der Waals surface area contributed by atoms with E-state index in [0.29, 0.717) is 24.5 Å². The minimum atomic E-state index is -0.563. The van der Waals surface area contributed by atoms with Crippen molar-refractivity contribution in [3.05, 3.63) is 35.9 Å². The molecule has 2 heterocycles. The van der Waals surface area contributed by atoms with Crippen LogP contribution in [0.15, 0.2) is 24.4 Å². The number of benzene rings is 1. The highest BCUT2D eigenvalue weighted by atomic mass is 19.1. The van der Waals surface area contributed by atoms with Crippen LogP contribution < -0.4 is 10.5 Å². The van der Waals surface area contributed by atoms with E-state index in [0.717, 1.165) is 0 Å². The van der Waals surface area contributed by atoms with Crippen LogP contribution in [0.5, 0.6) is 5.75 Å². The summed E-state index contributed by atoms with van der Waals surface area (Å²) in [6.45, 7) is 4.95. The molecule has 0 saturated carbocycles. The van der Waals surface area contributed by atoms with Crippen molar-refractivity contribution in [2.24, 2.45) is 0 Å². The van der Waals surface area contributed by atoms with Gasteiger partial charge in [0.2, 0.25) is 0 Å². The summed E-state index contributed by atoms with van der Waals surface area (Å²) in [5.74, 6) is -0.681. The Morgan fingerprint density at radius 3 is 3.04 bits per heavy atom. The number of anilines is 1. The lowest BCUT2D eigenvalue weighted by atomic mass is 10.3. The Morgan fingerprint density at radius 2 is 2.30 bits per heavy atom. The molecule has 2 aromatic rings. The van der Waals surface area contributed by atoms with E-state index < -0.39 is 11.6 Å². The SMILES string of the molecule is CC1(C)OC[C@H](Cn2cc(COc3cc(F)ccc3N)nn2)O1. The molecule has 1 atom stereocenters. The predicted octanol–water partition coefficient (Wildman–Crippen LogP) is 1.73. The summed E-state index contributed by atoms with van der Waals surface area (Å²) in [7, 11) is 0. The molecular weight excluding hydrogens is 303 g/mol. The third-order valence-corrected chi connectivity index (χ3v) is 3.40. The second-order valence-corrected chi connectivity index (χ2v) is 5.85. The Bertz CT molecular complexity index is 689. The third kappa shape index (κ3) is 3.96. The third-order valence-electron chi connectivity index (χ3n) is 3.40. The topological polar surface area (TPSA) is 84.4 Å². The molecular formula is C15H19FN4O3. The molecule has 1 aromatic carbocycles. The summed E-state index contributed by atoms with van der Waals surface area (Å²) >= 11 is 0. The quantitative estimate of drug-likeness (QED) is 0.844. The molecule has 8 heteroatoms. The van der Waals surface area contributed by atoms with E-state index in [9.17, 15) is 4.39 Å². The number of nitrogens with zero attached hydrogens (tertiary/aromatic N) is 3. The van der Waals surface area contributed by atoms with E-state index in [1.165, 1.54) is 18.2 Å². The normalized spacial score (nSPS) is 19.9. The lowest BCUT2D eigenvalue weighted by molar-refractivity contribution is -0.139. The van der Waals surface area contributed by atoms with Crippen LogP contribution in [-0.4, -0.2) is 33.5 Å². The zero-order valence-corrected chi connectivity index (χ0v) is 13.0. The molecule has 124 valence electrons. The minimum Gasteiger partial charge on any atom is -0.485 e. The highest BCUT2D eigenvalue weighted by molar-refractivity contribution is 5.52. The van der Waals surface area contributed by atoms with E-state index in [4.69, 9.17) is 19.9 Å². The molecule has 0 aliphatic carbocycles. The number of nitrogens with two attached hydrogens (primary N) is 1. The number of hydrogen-bond donors (Lipinski definition) is 1. The van der Waals surface area contributed by atoms with Crippen molar-refractivity contribution in [1.29, 1.82) is 0 Å². The van der Waals surface area contributed by atoms with Gasteiger partial charge in [0.15, 0.2) is 5.79 Å². The highest BCUT2D eigenvalue weighted by Gasteiger charge is 2.32. The Kier molecular flexibility index (Phi) is 4.18. The van der Waals surface area contributed by atoms with Gasteiger partial charge in [-0.05, 0) is 26.0 Å². The Hall–Kier alpha value is -2.19. The predicted molar refractivity (Wildman–Crippen MR) is 80.1 cm³/mol. The standard InChI is InChI=1S/C15H19FN4O3/c1-15(2)22-9-12(23-15)7-20-6-11(18-19-20)8-21-14-5-10(16)3-4-13(14)17/h3-6,12H,7-9,17H2,1-2H3/t12-/m0/s1. The average Bonchev–Trinajstić information content (AvgIpc) is 3.06. The maximum atomic E-state index is 13.2. The number of aromatic nitrogens is 3. The summed E-state index contributed by atoms with van der Waals surface area (Å²) in [5, 5.41) is 8.04. The monoisotopic (exact) mass is 322 g/mol. The molecule has 0 amide bonds. The van der Waals surface area contributed by atoms with Gasteiger partial charge >= 0.3 is 0 Å². The summed E-state index contributed by atoms with van der Waals surface area (Å²) in [6, 6.07) is 3.98. The van der Waals surface area contributed by atoms with E-state index in [-0.39, 0.29) is 18.5 Å². The molecule has 3 rings (SSSR count). The molecule has 23 heavy (non-hydrogen) atoms. The van der Waals surface area contributed by atoms with Crippen LogP contribution >= 0.6 is 0 Å². The van der Waals surface area contributed by atoms with Crippen LogP contribution in [0.1, 0.15) is 19.5 Å². The van der Waals surface area contributed by atoms with E-state index >= 15 is 0 Å². The smallest absolute Gasteiger partial charge is 0.163 e. The number of nitrogen functional groups attached to an aromatic ring is 1. The van der Waals surface area contributed by atoms with Crippen molar-refractivity contribution >= 4 is 5.69 Å². The molecule has 0 spiro atoms. The zero-order chi connectivity index (χ0) is 16.4. The van der Waals surface area contributed by atoms with Gasteiger partial charge < -0.3 is 19.9 Å². The minimum absolute atomic E-state index is 0.0701. The first kappa shape index (κ1) is 15.7. The van der Waals surface area contributed by atoms with Crippen LogP contribution in [0.2, 0.25) is 0 Å². The molecule has 0 radical (unpaired) electrons. The van der Waals surface area contributed by atoms with Crippen molar-refractivity contribution in [1.82, 2.24) is 15.0 Å². The van der Waals surface area contributed by atoms with Crippen molar-refractivity contribution < 1.29 is 18.6 Å². The molecule has 0 bridgehead atoms. The van der Waals surface area contributed by atoms with Crippen LogP contribution in [0.4, 0.5) is 10.1 Å². The highest BCUT2D eigenvalue weighted by Crippen LogP contribution is 2.24. The van der Waals surface area contributed by atoms with Gasteiger partial charge in [0, 0.05) is 6.07 Å². The van der Waals surface area contributed by atoms with Gasteiger partial charge in [-0.2, -0.15) is 0 Å².